The first-order valence-electron chi connectivity index (χ1n) is 9.77. The smallest absolute Gasteiger partial charge is 0.267 e. The van der Waals surface area contributed by atoms with Gasteiger partial charge in [-0.25, -0.2) is 8.42 Å². The molecule has 1 aromatic heterocycles. The number of rotatable bonds is 6. The van der Waals surface area contributed by atoms with Crippen molar-refractivity contribution in [3.05, 3.63) is 40.6 Å². The second-order valence-corrected chi connectivity index (χ2v) is 11.2. The van der Waals surface area contributed by atoms with Gasteiger partial charge in [-0.15, -0.1) is 11.3 Å². The molecule has 29 heavy (non-hydrogen) atoms. The van der Waals surface area contributed by atoms with Crippen molar-refractivity contribution in [2.45, 2.75) is 36.7 Å². The van der Waals surface area contributed by atoms with Crippen molar-refractivity contribution in [2.75, 3.05) is 29.9 Å². The fraction of sp³-hybridized carbons (Fsp3) is 0.450. The van der Waals surface area contributed by atoms with Gasteiger partial charge >= 0.3 is 0 Å². The second kappa shape index (κ2) is 9.07. The largest absolute Gasteiger partial charge is 0.490 e. The van der Waals surface area contributed by atoms with E-state index in [0.29, 0.717) is 18.8 Å². The van der Waals surface area contributed by atoms with Crippen LogP contribution in [0.2, 0.25) is 0 Å². The maximum absolute atomic E-state index is 13.0. The molecular weight excluding hydrogens is 428 g/mol. The summed E-state index contributed by atoms with van der Waals surface area (Å²) >= 11 is 2.89. The number of nitrogens with one attached hydrogen (secondary N) is 1. The van der Waals surface area contributed by atoms with E-state index in [-0.39, 0.29) is 15.9 Å². The molecule has 1 aromatic carbocycles. The van der Waals surface area contributed by atoms with Gasteiger partial charge in [-0.2, -0.15) is 16.1 Å². The van der Waals surface area contributed by atoms with Crippen LogP contribution in [-0.4, -0.2) is 49.3 Å². The number of carbonyl (C=O) groups excluding carboxylic acids is 1. The molecule has 1 amide bonds. The van der Waals surface area contributed by atoms with Crippen molar-refractivity contribution in [3.8, 4) is 5.75 Å². The maximum atomic E-state index is 13.0. The fourth-order valence-electron chi connectivity index (χ4n) is 3.60. The third-order valence-corrected chi connectivity index (χ3v) is 9.07. The zero-order valence-corrected chi connectivity index (χ0v) is 18.5. The monoisotopic (exact) mass is 452 g/mol. The van der Waals surface area contributed by atoms with Crippen molar-refractivity contribution in [1.82, 2.24) is 4.31 Å². The Bertz CT molecular complexity index is 944. The number of anilines is 1. The Kier molecular flexibility index (Phi) is 6.48. The highest BCUT2D eigenvalue weighted by Crippen LogP contribution is 2.29. The van der Waals surface area contributed by atoms with Crippen LogP contribution in [0.25, 0.3) is 0 Å². The highest BCUT2D eigenvalue weighted by molar-refractivity contribution is 7.99. The standard InChI is InChI=1S/C20H24N2O4S3/c23-20(21-15-5-7-17(8-6-15)26-16-3-1-2-4-16)19-18(9-12-28-19)29(24,25)22-10-13-27-14-11-22/h5-9,12,16H,1-4,10-11,13-14H2,(H,21,23). The van der Waals surface area contributed by atoms with E-state index in [1.807, 2.05) is 12.1 Å². The number of thiophene rings is 1. The summed E-state index contributed by atoms with van der Waals surface area (Å²) in [7, 11) is -3.66. The van der Waals surface area contributed by atoms with Crippen LogP contribution in [0.1, 0.15) is 35.4 Å². The van der Waals surface area contributed by atoms with E-state index in [4.69, 9.17) is 4.74 Å². The van der Waals surface area contributed by atoms with Crippen LogP contribution in [-0.2, 0) is 10.0 Å². The molecule has 0 bridgehead atoms. The molecule has 0 spiro atoms. The van der Waals surface area contributed by atoms with Gasteiger partial charge in [0.1, 0.15) is 15.5 Å². The summed E-state index contributed by atoms with van der Waals surface area (Å²) in [5.41, 5.74) is 0.611. The minimum absolute atomic E-state index is 0.0908. The second-order valence-electron chi connectivity index (χ2n) is 7.13. The number of hydrogen-bond donors (Lipinski definition) is 1. The number of carbonyl (C=O) groups is 1. The van der Waals surface area contributed by atoms with Gasteiger partial charge in [0.15, 0.2) is 0 Å². The van der Waals surface area contributed by atoms with Gasteiger partial charge in [0.25, 0.3) is 5.91 Å². The van der Waals surface area contributed by atoms with Crippen LogP contribution in [0.15, 0.2) is 40.6 Å². The molecule has 6 nitrogen and oxygen atoms in total. The lowest BCUT2D eigenvalue weighted by Crippen LogP contribution is -2.38. The minimum Gasteiger partial charge on any atom is -0.490 e. The number of benzene rings is 1. The molecule has 2 heterocycles. The SMILES string of the molecule is O=C(Nc1ccc(OC2CCCC2)cc1)c1sccc1S(=O)(=O)N1CCSCC1. The van der Waals surface area contributed by atoms with Crippen molar-refractivity contribution < 1.29 is 17.9 Å². The first-order valence-corrected chi connectivity index (χ1v) is 13.2. The molecule has 156 valence electrons. The number of amides is 1. The third-order valence-electron chi connectivity index (χ3n) is 5.14. The normalized spacial score (nSPS) is 18.6. The summed E-state index contributed by atoms with van der Waals surface area (Å²) in [5, 5.41) is 4.46. The van der Waals surface area contributed by atoms with Gasteiger partial charge in [0, 0.05) is 30.3 Å². The molecule has 1 N–H and O–H groups in total. The Balaban J connectivity index is 1.44. The Morgan fingerprint density at radius 1 is 1.07 bits per heavy atom. The highest BCUT2D eigenvalue weighted by Gasteiger charge is 2.31. The maximum Gasteiger partial charge on any atom is 0.267 e. The number of nitrogens with zero attached hydrogens (tertiary/aromatic N) is 1. The van der Waals surface area contributed by atoms with Crippen LogP contribution >= 0.6 is 23.1 Å². The minimum atomic E-state index is -3.66. The summed E-state index contributed by atoms with van der Waals surface area (Å²) in [6.45, 7) is 0.957. The van der Waals surface area contributed by atoms with E-state index in [1.54, 1.807) is 29.3 Å². The van der Waals surface area contributed by atoms with Crippen LogP contribution < -0.4 is 10.1 Å². The number of thioether (sulfide) groups is 1. The Morgan fingerprint density at radius 2 is 1.76 bits per heavy atom. The molecule has 1 saturated carbocycles. The summed E-state index contributed by atoms with van der Waals surface area (Å²) in [5.74, 6) is 1.94. The average molecular weight is 453 g/mol. The molecule has 4 rings (SSSR count). The van der Waals surface area contributed by atoms with E-state index in [1.165, 1.54) is 23.2 Å². The zero-order chi connectivity index (χ0) is 20.3. The van der Waals surface area contributed by atoms with Crippen molar-refractivity contribution in [2.24, 2.45) is 0 Å². The summed E-state index contributed by atoms with van der Waals surface area (Å²) in [4.78, 5) is 13.1. The molecular formula is C20H24N2O4S3. The van der Waals surface area contributed by atoms with Gasteiger partial charge < -0.3 is 10.1 Å². The lowest BCUT2D eigenvalue weighted by Gasteiger charge is -2.25. The van der Waals surface area contributed by atoms with Crippen LogP contribution in [0.4, 0.5) is 5.69 Å². The Hall–Kier alpha value is -1.55. The van der Waals surface area contributed by atoms with Crippen LogP contribution in [0, 0.1) is 0 Å². The topological polar surface area (TPSA) is 75.7 Å². The molecule has 2 fully saturated rings. The first kappa shape index (κ1) is 20.7. The molecule has 0 atom stereocenters. The molecule has 1 aliphatic carbocycles. The number of sulfonamides is 1. The van der Waals surface area contributed by atoms with E-state index >= 15 is 0 Å². The average Bonchev–Trinajstić information content (AvgIpc) is 3.42. The quantitative estimate of drug-likeness (QED) is 0.715. The third kappa shape index (κ3) is 4.79. The molecule has 0 radical (unpaired) electrons. The van der Waals surface area contributed by atoms with Gasteiger partial charge in [-0.3, -0.25) is 4.79 Å². The Labute approximate surface area is 179 Å². The van der Waals surface area contributed by atoms with Crippen molar-refractivity contribution in [1.29, 1.82) is 0 Å². The summed E-state index contributed by atoms with van der Waals surface area (Å²) in [6, 6.07) is 8.77. The molecule has 2 aromatic rings. The lowest BCUT2D eigenvalue weighted by atomic mass is 10.2. The zero-order valence-electron chi connectivity index (χ0n) is 16.0. The van der Waals surface area contributed by atoms with E-state index in [9.17, 15) is 13.2 Å². The number of ether oxygens (including phenoxy) is 1. The van der Waals surface area contributed by atoms with E-state index in [2.05, 4.69) is 5.32 Å². The van der Waals surface area contributed by atoms with E-state index < -0.39 is 15.9 Å². The van der Waals surface area contributed by atoms with Gasteiger partial charge in [-0.05, 0) is 61.4 Å². The van der Waals surface area contributed by atoms with Crippen molar-refractivity contribution in [3.63, 3.8) is 0 Å². The van der Waals surface area contributed by atoms with Gasteiger partial charge in [-0.1, -0.05) is 0 Å². The van der Waals surface area contributed by atoms with Crippen molar-refractivity contribution >= 4 is 44.7 Å². The summed E-state index contributed by atoms with van der Waals surface area (Å²) < 4.78 is 33.3. The van der Waals surface area contributed by atoms with Gasteiger partial charge in [0.05, 0.1) is 6.10 Å². The Morgan fingerprint density at radius 3 is 2.45 bits per heavy atom. The van der Waals surface area contributed by atoms with Gasteiger partial charge in [0.2, 0.25) is 10.0 Å². The molecule has 1 aliphatic heterocycles. The molecule has 0 unspecified atom stereocenters. The molecule has 1 saturated heterocycles. The molecule has 2 aliphatic rings. The first-order chi connectivity index (χ1) is 14.0. The molecule has 9 heteroatoms. The fourth-order valence-corrected chi connectivity index (χ4v) is 7.47. The predicted octanol–water partition coefficient (Wildman–Crippen LogP) is 4.06. The highest BCUT2D eigenvalue weighted by atomic mass is 32.2. The van der Waals surface area contributed by atoms with Crippen LogP contribution in [0.5, 0.6) is 5.75 Å². The number of hydrogen-bond acceptors (Lipinski definition) is 6. The predicted molar refractivity (Wildman–Crippen MR) is 118 cm³/mol. The van der Waals surface area contributed by atoms with Crippen LogP contribution in [0.3, 0.4) is 0 Å². The summed E-state index contributed by atoms with van der Waals surface area (Å²) in [6.07, 6.45) is 4.87. The lowest BCUT2D eigenvalue weighted by molar-refractivity contribution is 0.102. The van der Waals surface area contributed by atoms with E-state index in [0.717, 1.165) is 41.4 Å².